The number of aromatic nitrogens is 1. The highest BCUT2D eigenvalue weighted by Crippen LogP contribution is 2.25. The number of hydrogen-bond donors (Lipinski definition) is 1. The number of sulfonamides is 1. The lowest BCUT2D eigenvalue weighted by Gasteiger charge is -2.16. The molecule has 1 aromatic heterocycles. The average molecular weight is 397 g/mol. The molecule has 0 unspecified atom stereocenters. The number of rotatable bonds is 5. The molecule has 2 aromatic rings. The van der Waals surface area contributed by atoms with Crippen LogP contribution < -0.4 is 5.32 Å². The summed E-state index contributed by atoms with van der Waals surface area (Å²) in [6.45, 7) is 2.03. The summed E-state index contributed by atoms with van der Waals surface area (Å²) in [5.41, 5.74) is 0.213. The Hall–Kier alpha value is -2.17. The van der Waals surface area contributed by atoms with Crippen LogP contribution in [0.25, 0.3) is 0 Å². The predicted octanol–water partition coefficient (Wildman–Crippen LogP) is 2.52. The van der Waals surface area contributed by atoms with Crippen LogP contribution in [0.3, 0.4) is 0 Å². The van der Waals surface area contributed by atoms with Crippen LogP contribution in [0.5, 0.6) is 0 Å². The first-order valence-electron chi connectivity index (χ1n) is 7.86. The van der Waals surface area contributed by atoms with Gasteiger partial charge in [0.25, 0.3) is 5.91 Å². The van der Waals surface area contributed by atoms with Crippen LogP contribution in [0.15, 0.2) is 28.5 Å². The summed E-state index contributed by atoms with van der Waals surface area (Å²) in [5, 5.41) is 4.19. The van der Waals surface area contributed by atoms with Crippen molar-refractivity contribution in [1.82, 2.24) is 9.29 Å². The van der Waals surface area contributed by atoms with Crippen molar-refractivity contribution in [1.29, 1.82) is 0 Å². The first kappa shape index (κ1) is 18.6. The summed E-state index contributed by atoms with van der Waals surface area (Å²) in [6.07, 6.45) is 1.45. The lowest BCUT2D eigenvalue weighted by Crippen LogP contribution is -2.29. The van der Waals surface area contributed by atoms with Crippen molar-refractivity contribution in [2.75, 3.05) is 18.4 Å². The normalized spacial score (nSPS) is 15.2. The molecule has 2 heterocycles. The summed E-state index contributed by atoms with van der Waals surface area (Å²) >= 11 is 1.07. The van der Waals surface area contributed by atoms with E-state index in [4.69, 9.17) is 0 Å². The van der Waals surface area contributed by atoms with E-state index in [2.05, 4.69) is 10.3 Å². The van der Waals surface area contributed by atoms with Crippen molar-refractivity contribution in [3.8, 4) is 0 Å². The molecule has 3 rings (SSSR count). The fourth-order valence-corrected chi connectivity index (χ4v) is 4.92. The number of carbonyl (C=O) groups is 2. The number of carbonyl (C=O) groups excluding carboxylic acids is 2. The minimum absolute atomic E-state index is 0.0104. The number of benzene rings is 1. The molecule has 10 heteroatoms. The topological polar surface area (TPSA) is 96.4 Å². The Kier molecular flexibility index (Phi) is 5.17. The Morgan fingerprint density at radius 1 is 1.27 bits per heavy atom. The molecule has 26 heavy (non-hydrogen) atoms. The number of hydrogen-bond acceptors (Lipinski definition) is 6. The summed E-state index contributed by atoms with van der Waals surface area (Å²) in [6, 6.07) is 3.19. The number of halogens is 1. The standard InChI is InChI=1S/C16H16FN3O4S2/c1-10(21)13-9-25-16(18-13)19-15(22)11-4-5-12(17)14(8-11)26(23,24)20-6-2-3-7-20/h4-5,8-9H,2-3,6-7H2,1H3,(H,18,19,22). The maximum atomic E-state index is 14.1. The van der Waals surface area contributed by atoms with Crippen LogP contribution in [0.4, 0.5) is 9.52 Å². The SMILES string of the molecule is CC(=O)c1csc(NC(=O)c2ccc(F)c(S(=O)(=O)N3CCCC3)c2)n1. The molecule has 1 aliphatic heterocycles. The summed E-state index contributed by atoms with van der Waals surface area (Å²) < 4.78 is 40.5. The lowest BCUT2D eigenvalue weighted by molar-refractivity contribution is 0.100. The second kappa shape index (κ2) is 7.22. The Morgan fingerprint density at radius 3 is 2.58 bits per heavy atom. The molecule has 1 fully saturated rings. The second-order valence-corrected chi connectivity index (χ2v) is 8.57. The zero-order valence-electron chi connectivity index (χ0n) is 13.9. The van der Waals surface area contributed by atoms with Crippen molar-refractivity contribution in [3.63, 3.8) is 0 Å². The number of nitrogens with one attached hydrogen (secondary N) is 1. The molecule has 0 radical (unpaired) electrons. The van der Waals surface area contributed by atoms with Gasteiger partial charge in [0.15, 0.2) is 10.9 Å². The molecular formula is C16H16FN3O4S2. The highest BCUT2D eigenvalue weighted by atomic mass is 32.2. The summed E-state index contributed by atoms with van der Waals surface area (Å²) in [7, 11) is -3.98. The predicted molar refractivity (Wildman–Crippen MR) is 94.5 cm³/mol. The van der Waals surface area contributed by atoms with Gasteiger partial charge in [0.1, 0.15) is 16.4 Å². The van der Waals surface area contributed by atoms with Crippen molar-refractivity contribution in [3.05, 3.63) is 40.7 Å². The molecule has 1 aromatic carbocycles. The van der Waals surface area contributed by atoms with Gasteiger partial charge in [-0.3, -0.25) is 14.9 Å². The van der Waals surface area contributed by atoms with Crippen molar-refractivity contribution in [2.45, 2.75) is 24.7 Å². The maximum absolute atomic E-state index is 14.1. The molecule has 0 atom stereocenters. The van der Waals surface area contributed by atoms with Gasteiger partial charge in [0.2, 0.25) is 10.0 Å². The molecule has 0 aliphatic carbocycles. The van der Waals surface area contributed by atoms with Gasteiger partial charge in [-0.1, -0.05) is 0 Å². The van der Waals surface area contributed by atoms with E-state index < -0.39 is 26.6 Å². The van der Waals surface area contributed by atoms with E-state index >= 15 is 0 Å². The third-order valence-corrected chi connectivity index (χ3v) is 6.63. The van der Waals surface area contributed by atoms with Gasteiger partial charge < -0.3 is 0 Å². The van der Waals surface area contributed by atoms with Crippen LogP contribution in [0.1, 0.15) is 40.6 Å². The number of anilines is 1. The quantitative estimate of drug-likeness (QED) is 0.782. The van der Waals surface area contributed by atoms with E-state index in [-0.39, 0.29) is 22.2 Å². The first-order valence-corrected chi connectivity index (χ1v) is 10.2. The van der Waals surface area contributed by atoms with Gasteiger partial charge in [0, 0.05) is 31.0 Å². The van der Waals surface area contributed by atoms with Crippen molar-refractivity contribution >= 4 is 38.2 Å². The Balaban J connectivity index is 1.86. The van der Waals surface area contributed by atoms with E-state index in [9.17, 15) is 22.4 Å². The zero-order valence-corrected chi connectivity index (χ0v) is 15.5. The van der Waals surface area contributed by atoms with E-state index in [1.807, 2.05) is 0 Å². The smallest absolute Gasteiger partial charge is 0.257 e. The minimum atomic E-state index is -3.98. The maximum Gasteiger partial charge on any atom is 0.257 e. The number of thiazole rings is 1. The summed E-state index contributed by atoms with van der Waals surface area (Å²) in [4.78, 5) is 27.0. The van der Waals surface area contributed by atoms with E-state index in [0.717, 1.165) is 36.3 Å². The van der Waals surface area contributed by atoms with Crippen LogP contribution in [-0.2, 0) is 10.0 Å². The Labute approximate surface area is 153 Å². The minimum Gasteiger partial charge on any atom is -0.298 e. The van der Waals surface area contributed by atoms with E-state index in [1.165, 1.54) is 22.7 Å². The molecule has 1 N–H and O–H groups in total. The summed E-state index contributed by atoms with van der Waals surface area (Å²) in [5.74, 6) is -1.77. The molecule has 1 saturated heterocycles. The molecule has 7 nitrogen and oxygen atoms in total. The monoisotopic (exact) mass is 397 g/mol. The third-order valence-electron chi connectivity index (χ3n) is 3.96. The molecule has 1 amide bonds. The molecule has 0 spiro atoms. The van der Waals surface area contributed by atoms with Gasteiger partial charge in [-0.25, -0.2) is 17.8 Å². The third kappa shape index (κ3) is 3.67. The van der Waals surface area contributed by atoms with E-state index in [0.29, 0.717) is 13.1 Å². The van der Waals surface area contributed by atoms with Gasteiger partial charge in [-0.05, 0) is 31.0 Å². The Morgan fingerprint density at radius 2 is 1.96 bits per heavy atom. The van der Waals surface area contributed by atoms with Crippen LogP contribution in [0.2, 0.25) is 0 Å². The van der Waals surface area contributed by atoms with Gasteiger partial charge >= 0.3 is 0 Å². The van der Waals surface area contributed by atoms with Crippen molar-refractivity contribution < 1.29 is 22.4 Å². The van der Waals surface area contributed by atoms with Gasteiger partial charge in [0.05, 0.1) is 0 Å². The highest BCUT2D eigenvalue weighted by Gasteiger charge is 2.30. The largest absolute Gasteiger partial charge is 0.298 e. The fraction of sp³-hybridized carbons (Fsp3) is 0.312. The average Bonchev–Trinajstić information content (AvgIpc) is 3.27. The van der Waals surface area contributed by atoms with Crippen LogP contribution >= 0.6 is 11.3 Å². The van der Waals surface area contributed by atoms with Gasteiger partial charge in [-0.15, -0.1) is 11.3 Å². The van der Waals surface area contributed by atoms with E-state index in [1.54, 1.807) is 0 Å². The highest BCUT2D eigenvalue weighted by molar-refractivity contribution is 7.89. The van der Waals surface area contributed by atoms with Crippen LogP contribution in [0, 0.1) is 5.82 Å². The molecular weight excluding hydrogens is 381 g/mol. The molecule has 138 valence electrons. The number of nitrogens with zero attached hydrogens (tertiary/aromatic N) is 2. The second-order valence-electron chi connectivity index (χ2n) is 5.80. The number of Topliss-reactive ketones (excluding diaryl/α,β-unsaturated/α-hetero) is 1. The number of ketones is 1. The van der Waals surface area contributed by atoms with Crippen LogP contribution in [-0.4, -0.2) is 42.5 Å². The van der Waals surface area contributed by atoms with Crippen molar-refractivity contribution in [2.24, 2.45) is 0 Å². The van der Waals surface area contributed by atoms with Gasteiger partial charge in [-0.2, -0.15) is 4.31 Å². The molecule has 0 saturated carbocycles. The number of amides is 1. The Bertz CT molecular complexity index is 966. The fourth-order valence-electron chi connectivity index (χ4n) is 2.57. The molecule has 1 aliphatic rings. The first-order chi connectivity index (χ1) is 12.3. The molecule has 0 bridgehead atoms. The lowest BCUT2D eigenvalue weighted by atomic mass is 10.2. The zero-order chi connectivity index (χ0) is 18.9.